The molecule has 5 nitrogen and oxygen atoms in total. The fourth-order valence-corrected chi connectivity index (χ4v) is 5.84. The third-order valence-corrected chi connectivity index (χ3v) is 7.27. The molecule has 1 atom stereocenters. The molecule has 1 heterocycles. The Labute approximate surface area is 169 Å². The number of aliphatic hydroxyl groups is 1. The summed E-state index contributed by atoms with van der Waals surface area (Å²) in [4.78, 5) is 25.9. The van der Waals surface area contributed by atoms with Crippen molar-refractivity contribution < 1.29 is 14.7 Å². The number of hydrogen-bond acceptors (Lipinski definition) is 4. The second-order valence-electron chi connectivity index (χ2n) is 7.47. The second kappa shape index (κ2) is 7.26. The van der Waals surface area contributed by atoms with Gasteiger partial charge in [-0.15, -0.1) is 11.8 Å². The van der Waals surface area contributed by atoms with Gasteiger partial charge >= 0.3 is 0 Å². The van der Waals surface area contributed by atoms with E-state index in [1.165, 1.54) is 5.01 Å². The predicted octanol–water partition coefficient (Wildman–Crippen LogP) is 3.19. The summed E-state index contributed by atoms with van der Waals surface area (Å²) in [7, 11) is 0. The van der Waals surface area contributed by atoms with Gasteiger partial charge in [-0.05, 0) is 30.9 Å². The van der Waals surface area contributed by atoms with E-state index in [1.807, 2.05) is 19.1 Å². The van der Waals surface area contributed by atoms with Crippen LogP contribution in [-0.4, -0.2) is 32.1 Å². The summed E-state index contributed by atoms with van der Waals surface area (Å²) in [5.74, 6) is -0.719. The van der Waals surface area contributed by atoms with Gasteiger partial charge in [-0.1, -0.05) is 73.5 Å². The lowest BCUT2D eigenvalue weighted by molar-refractivity contribution is -0.151. The molecule has 6 heteroatoms. The van der Waals surface area contributed by atoms with E-state index in [0.29, 0.717) is 11.1 Å². The Balaban J connectivity index is 1.72. The highest BCUT2D eigenvalue weighted by molar-refractivity contribution is 8.02. The summed E-state index contributed by atoms with van der Waals surface area (Å²) < 4.78 is 0. The first-order valence-corrected chi connectivity index (χ1v) is 10.5. The SMILES string of the molecule is CC1SC2(CCCC2)N(NC(=O)C(O)(c2ccccc2)c2ccccc2)C1=O. The van der Waals surface area contributed by atoms with Crippen LogP contribution in [0.3, 0.4) is 0 Å². The summed E-state index contributed by atoms with van der Waals surface area (Å²) in [6.07, 6.45) is 3.76. The van der Waals surface area contributed by atoms with Gasteiger partial charge in [0.25, 0.3) is 11.8 Å². The Morgan fingerprint density at radius 2 is 1.57 bits per heavy atom. The maximum absolute atomic E-state index is 13.4. The fraction of sp³-hybridized carbons (Fsp3) is 0.364. The maximum atomic E-state index is 13.4. The first kappa shape index (κ1) is 19.0. The van der Waals surface area contributed by atoms with E-state index in [4.69, 9.17) is 0 Å². The molecule has 2 aromatic carbocycles. The number of hydrogen-bond donors (Lipinski definition) is 2. The minimum atomic E-state index is -1.89. The van der Waals surface area contributed by atoms with Gasteiger partial charge in [0.05, 0.1) is 5.25 Å². The molecule has 1 spiro atoms. The molecule has 0 radical (unpaired) electrons. The molecule has 28 heavy (non-hydrogen) atoms. The smallest absolute Gasteiger partial charge is 0.279 e. The third-order valence-electron chi connectivity index (χ3n) is 5.68. The molecular formula is C22H24N2O3S. The lowest BCUT2D eigenvalue weighted by Crippen LogP contribution is -2.58. The van der Waals surface area contributed by atoms with Crippen molar-refractivity contribution in [3.8, 4) is 0 Å². The van der Waals surface area contributed by atoms with Gasteiger partial charge in [-0.3, -0.25) is 15.0 Å². The van der Waals surface area contributed by atoms with Crippen molar-refractivity contribution in [2.75, 3.05) is 0 Å². The molecule has 0 bridgehead atoms. The van der Waals surface area contributed by atoms with E-state index in [0.717, 1.165) is 25.7 Å². The van der Waals surface area contributed by atoms with Crippen molar-refractivity contribution in [2.45, 2.75) is 48.3 Å². The normalized spacial score (nSPS) is 21.3. The Morgan fingerprint density at radius 1 is 1.07 bits per heavy atom. The molecular weight excluding hydrogens is 372 g/mol. The number of amides is 2. The zero-order valence-electron chi connectivity index (χ0n) is 15.8. The van der Waals surface area contributed by atoms with E-state index >= 15 is 0 Å². The molecule has 1 saturated heterocycles. The number of nitrogens with zero attached hydrogens (tertiary/aromatic N) is 1. The van der Waals surface area contributed by atoms with E-state index in [1.54, 1.807) is 60.3 Å². The number of hydrazine groups is 1. The Bertz CT molecular complexity index is 826. The van der Waals surface area contributed by atoms with Gasteiger partial charge in [0.1, 0.15) is 4.87 Å². The summed E-state index contributed by atoms with van der Waals surface area (Å²) in [6.45, 7) is 1.87. The first-order chi connectivity index (χ1) is 13.5. The number of carbonyl (C=O) groups is 2. The van der Waals surface area contributed by atoms with Crippen LogP contribution in [0, 0.1) is 0 Å². The largest absolute Gasteiger partial charge is 0.372 e. The molecule has 0 aromatic heterocycles. The lowest BCUT2D eigenvalue weighted by atomic mass is 9.85. The fourth-order valence-electron chi connectivity index (χ4n) is 4.21. The third kappa shape index (κ3) is 3.01. The minimum Gasteiger partial charge on any atom is -0.372 e. The van der Waals surface area contributed by atoms with Crippen LogP contribution in [-0.2, 0) is 15.2 Å². The molecule has 1 aliphatic carbocycles. The van der Waals surface area contributed by atoms with Gasteiger partial charge in [-0.2, -0.15) is 0 Å². The Kier molecular flexibility index (Phi) is 4.93. The highest BCUT2D eigenvalue weighted by atomic mass is 32.2. The van der Waals surface area contributed by atoms with Gasteiger partial charge in [0.2, 0.25) is 0 Å². The highest BCUT2D eigenvalue weighted by Crippen LogP contribution is 2.50. The van der Waals surface area contributed by atoms with Crippen LogP contribution in [0.5, 0.6) is 0 Å². The Morgan fingerprint density at radius 3 is 2.07 bits per heavy atom. The van der Waals surface area contributed by atoms with Crippen molar-refractivity contribution in [1.82, 2.24) is 10.4 Å². The van der Waals surface area contributed by atoms with E-state index in [2.05, 4.69) is 5.43 Å². The van der Waals surface area contributed by atoms with Crippen molar-refractivity contribution in [3.63, 3.8) is 0 Å². The van der Waals surface area contributed by atoms with Crippen molar-refractivity contribution in [3.05, 3.63) is 71.8 Å². The van der Waals surface area contributed by atoms with Crippen molar-refractivity contribution >= 4 is 23.6 Å². The molecule has 2 fully saturated rings. The van der Waals surface area contributed by atoms with Gasteiger partial charge < -0.3 is 5.11 Å². The van der Waals surface area contributed by atoms with Crippen LogP contribution in [0.25, 0.3) is 0 Å². The van der Waals surface area contributed by atoms with Crippen molar-refractivity contribution in [2.24, 2.45) is 0 Å². The van der Waals surface area contributed by atoms with Crippen LogP contribution < -0.4 is 5.43 Å². The van der Waals surface area contributed by atoms with Gasteiger partial charge in [0.15, 0.2) is 5.60 Å². The monoisotopic (exact) mass is 396 g/mol. The lowest BCUT2D eigenvalue weighted by Gasteiger charge is -2.37. The van der Waals surface area contributed by atoms with Crippen molar-refractivity contribution in [1.29, 1.82) is 0 Å². The standard InChI is InChI=1S/C22H24N2O3S/c1-16-19(25)24(21(28-16)14-8-9-15-21)23-20(26)22(27,17-10-4-2-5-11-17)18-12-6-3-7-13-18/h2-7,10-13,16,27H,8-9,14-15H2,1H3,(H,23,26). The van der Waals surface area contributed by atoms with Crippen LogP contribution in [0.1, 0.15) is 43.7 Å². The van der Waals surface area contributed by atoms with Crippen LogP contribution >= 0.6 is 11.8 Å². The zero-order valence-corrected chi connectivity index (χ0v) is 16.6. The van der Waals surface area contributed by atoms with Crippen LogP contribution in [0.2, 0.25) is 0 Å². The van der Waals surface area contributed by atoms with E-state index < -0.39 is 16.4 Å². The average Bonchev–Trinajstić information content (AvgIpc) is 3.29. The maximum Gasteiger partial charge on any atom is 0.279 e. The molecule has 2 aliphatic rings. The van der Waals surface area contributed by atoms with E-state index in [-0.39, 0.29) is 11.2 Å². The number of benzene rings is 2. The zero-order chi connectivity index (χ0) is 19.8. The molecule has 1 aliphatic heterocycles. The number of thioether (sulfide) groups is 1. The summed E-state index contributed by atoms with van der Waals surface area (Å²) >= 11 is 1.62. The van der Waals surface area contributed by atoms with Crippen LogP contribution in [0.15, 0.2) is 60.7 Å². The molecule has 2 amide bonds. The van der Waals surface area contributed by atoms with E-state index in [9.17, 15) is 14.7 Å². The Hall–Kier alpha value is -2.31. The molecule has 1 saturated carbocycles. The minimum absolute atomic E-state index is 0.108. The molecule has 2 aromatic rings. The summed E-state index contributed by atoms with van der Waals surface area (Å²) in [5, 5.41) is 12.9. The number of carbonyl (C=O) groups excluding carboxylic acids is 2. The summed E-state index contributed by atoms with van der Waals surface area (Å²) in [6, 6.07) is 17.7. The molecule has 4 rings (SSSR count). The van der Waals surface area contributed by atoms with Gasteiger partial charge in [0, 0.05) is 0 Å². The topological polar surface area (TPSA) is 69.6 Å². The molecule has 146 valence electrons. The number of nitrogens with one attached hydrogen (secondary N) is 1. The molecule has 1 unspecified atom stereocenters. The highest BCUT2D eigenvalue weighted by Gasteiger charge is 2.54. The van der Waals surface area contributed by atoms with Gasteiger partial charge in [-0.25, -0.2) is 5.01 Å². The quantitative estimate of drug-likeness (QED) is 0.833. The second-order valence-corrected chi connectivity index (χ2v) is 9.17. The molecule has 2 N–H and O–H groups in total. The van der Waals surface area contributed by atoms with Crippen LogP contribution in [0.4, 0.5) is 0 Å². The number of rotatable bonds is 4. The predicted molar refractivity (Wildman–Crippen MR) is 109 cm³/mol. The summed E-state index contributed by atoms with van der Waals surface area (Å²) in [5.41, 5.74) is 1.84. The first-order valence-electron chi connectivity index (χ1n) is 9.64. The average molecular weight is 397 g/mol.